The molecule has 0 unspecified atom stereocenters. The van der Waals surface area contributed by atoms with E-state index in [4.69, 9.17) is 23.2 Å². The van der Waals surface area contributed by atoms with Crippen molar-refractivity contribution in [1.82, 2.24) is 4.90 Å². The molecule has 0 bridgehead atoms. The summed E-state index contributed by atoms with van der Waals surface area (Å²) < 4.78 is 14.5. The van der Waals surface area contributed by atoms with E-state index in [1.165, 1.54) is 17.0 Å². The van der Waals surface area contributed by atoms with Crippen molar-refractivity contribution in [1.29, 1.82) is 0 Å². The van der Waals surface area contributed by atoms with Gasteiger partial charge >= 0.3 is 0 Å². The molecule has 0 aromatic heterocycles. The SMILES string of the molecule is CCN(CC)C(=O)CSC1=N/C(=C/c2ccc(Cl)c(Cl)c2)C(=O)N1c1ccccc1F. The summed E-state index contributed by atoms with van der Waals surface area (Å²) in [6.07, 6.45) is 1.55. The highest BCUT2D eigenvalue weighted by atomic mass is 35.5. The van der Waals surface area contributed by atoms with E-state index in [0.717, 1.165) is 11.8 Å². The number of aliphatic imine (C=N–C) groups is 1. The van der Waals surface area contributed by atoms with Crippen molar-refractivity contribution in [3.8, 4) is 0 Å². The van der Waals surface area contributed by atoms with Crippen molar-refractivity contribution in [3.63, 3.8) is 0 Å². The quantitative estimate of drug-likeness (QED) is 0.515. The van der Waals surface area contributed by atoms with Gasteiger partial charge in [0, 0.05) is 13.1 Å². The van der Waals surface area contributed by atoms with E-state index in [0.29, 0.717) is 28.7 Å². The molecule has 1 aliphatic heterocycles. The third-order valence-electron chi connectivity index (χ3n) is 4.61. The number of carbonyl (C=O) groups excluding carboxylic acids is 2. The van der Waals surface area contributed by atoms with Crippen LogP contribution in [0.25, 0.3) is 6.08 Å². The van der Waals surface area contributed by atoms with Crippen LogP contribution in [-0.2, 0) is 9.59 Å². The number of thioether (sulfide) groups is 1. The first kappa shape index (κ1) is 23.3. The minimum atomic E-state index is -0.560. The minimum Gasteiger partial charge on any atom is -0.343 e. The molecule has 2 aromatic rings. The summed E-state index contributed by atoms with van der Waals surface area (Å²) in [7, 11) is 0. The molecule has 0 aliphatic carbocycles. The molecule has 31 heavy (non-hydrogen) atoms. The van der Waals surface area contributed by atoms with Gasteiger partial charge in [-0.05, 0) is 49.8 Å². The van der Waals surface area contributed by atoms with Crippen LogP contribution in [0, 0.1) is 5.82 Å². The largest absolute Gasteiger partial charge is 0.343 e. The van der Waals surface area contributed by atoms with Crippen LogP contribution in [0.4, 0.5) is 10.1 Å². The van der Waals surface area contributed by atoms with Crippen LogP contribution in [0.2, 0.25) is 10.0 Å². The highest BCUT2D eigenvalue weighted by Crippen LogP contribution is 2.32. The average molecular weight is 480 g/mol. The molecule has 0 N–H and O–H groups in total. The van der Waals surface area contributed by atoms with Gasteiger partial charge in [-0.1, -0.05) is 53.2 Å². The lowest BCUT2D eigenvalue weighted by Crippen LogP contribution is -2.35. The summed E-state index contributed by atoms with van der Waals surface area (Å²) in [4.78, 5) is 32.8. The Morgan fingerprint density at radius 3 is 2.52 bits per heavy atom. The van der Waals surface area contributed by atoms with Gasteiger partial charge in [-0.3, -0.25) is 14.5 Å². The molecule has 5 nitrogen and oxygen atoms in total. The number of halogens is 3. The maximum atomic E-state index is 14.5. The Balaban J connectivity index is 1.95. The molecule has 0 fully saturated rings. The maximum absolute atomic E-state index is 14.5. The van der Waals surface area contributed by atoms with Crippen LogP contribution in [0.15, 0.2) is 53.2 Å². The average Bonchev–Trinajstić information content (AvgIpc) is 3.05. The maximum Gasteiger partial charge on any atom is 0.283 e. The van der Waals surface area contributed by atoms with E-state index >= 15 is 0 Å². The number of hydrogen-bond acceptors (Lipinski definition) is 4. The van der Waals surface area contributed by atoms with Gasteiger partial charge in [-0.25, -0.2) is 9.38 Å². The van der Waals surface area contributed by atoms with Crippen LogP contribution in [-0.4, -0.2) is 40.7 Å². The third kappa shape index (κ3) is 5.29. The molecular formula is C22H20Cl2FN3O2S. The number of para-hydroxylation sites is 1. The fourth-order valence-corrected chi connectivity index (χ4v) is 4.21. The predicted octanol–water partition coefficient (Wildman–Crippen LogP) is 5.48. The summed E-state index contributed by atoms with van der Waals surface area (Å²) >= 11 is 13.1. The first-order chi connectivity index (χ1) is 14.8. The number of nitrogens with zero attached hydrogens (tertiary/aromatic N) is 3. The van der Waals surface area contributed by atoms with Gasteiger partial charge in [0.25, 0.3) is 5.91 Å². The first-order valence-electron chi connectivity index (χ1n) is 9.60. The molecular weight excluding hydrogens is 460 g/mol. The molecule has 3 rings (SSSR count). The van der Waals surface area contributed by atoms with E-state index in [1.807, 2.05) is 13.8 Å². The molecule has 2 aromatic carbocycles. The molecule has 0 saturated heterocycles. The summed E-state index contributed by atoms with van der Waals surface area (Å²) in [6, 6.07) is 10.9. The second kappa shape index (κ2) is 10.3. The fourth-order valence-electron chi connectivity index (χ4n) is 2.99. The van der Waals surface area contributed by atoms with E-state index in [9.17, 15) is 14.0 Å². The normalized spacial score (nSPS) is 14.9. The molecule has 2 amide bonds. The number of carbonyl (C=O) groups is 2. The van der Waals surface area contributed by atoms with Crippen molar-refractivity contribution < 1.29 is 14.0 Å². The summed E-state index contributed by atoms with van der Waals surface area (Å²) in [5.74, 6) is -1.05. The number of rotatable bonds is 6. The Hall–Kier alpha value is -2.35. The van der Waals surface area contributed by atoms with Gasteiger partial charge in [-0.2, -0.15) is 0 Å². The van der Waals surface area contributed by atoms with Crippen LogP contribution in [0.1, 0.15) is 19.4 Å². The Morgan fingerprint density at radius 1 is 1.16 bits per heavy atom. The lowest BCUT2D eigenvalue weighted by molar-refractivity contribution is -0.128. The molecule has 9 heteroatoms. The minimum absolute atomic E-state index is 0.0755. The molecule has 0 spiro atoms. The van der Waals surface area contributed by atoms with Crippen molar-refractivity contribution in [2.24, 2.45) is 4.99 Å². The lowest BCUT2D eigenvalue weighted by Gasteiger charge is -2.20. The van der Waals surface area contributed by atoms with Crippen molar-refractivity contribution in [3.05, 3.63) is 69.6 Å². The number of amides is 2. The Morgan fingerprint density at radius 2 is 1.87 bits per heavy atom. The molecule has 162 valence electrons. The summed E-state index contributed by atoms with van der Waals surface area (Å²) in [5, 5.41) is 0.974. The third-order valence-corrected chi connectivity index (χ3v) is 6.27. The summed E-state index contributed by atoms with van der Waals surface area (Å²) in [6.45, 7) is 4.96. The number of hydrogen-bond donors (Lipinski definition) is 0. The van der Waals surface area contributed by atoms with Gasteiger partial charge < -0.3 is 4.90 Å². The van der Waals surface area contributed by atoms with Crippen LogP contribution in [0.3, 0.4) is 0 Å². The zero-order valence-corrected chi connectivity index (χ0v) is 19.3. The zero-order valence-electron chi connectivity index (χ0n) is 16.9. The van der Waals surface area contributed by atoms with Gasteiger partial charge in [-0.15, -0.1) is 0 Å². The number of amidine groups is 1. The molecule has 1 heterocycles. The van der Waals surface area contributed by atoms with E-state index in [2.05, 4.69) is 4.99 Å². The van der Waals surface area contributed by atoms with Crippen LogP contribution >= 0.6 is 35.0 Å². The van der Waals surface area contributed by atoms with Crippen molar-refractivity contribution in [2.75, 3.05) is 23.7 Å². The number of benzene rings is 2. The van der Waals surface area contributed by atoms with E-state index < -0.39 is 11.7 Å². The predicted molar refractivity (Wildman–Crippen MR) is 126 cm³/mol. The number of anilines is 1. The monoisotopic (exact) mass is 479 g/mol. The van der Waals surface area contributed by atoms with Crippen LogP contribution in [0.5, 0.6) is 0 Å². The van der Waals surface area contributed by atoms with Gasteiger partial charge in [0.15, 0.2) is 5.17 Å². The Bertz CT molecular complexity index is 1070. The van der Waals surface area contributed by atoms with Gasteiger partial charge in [0.2, 0.25) is 5.91 Å². The molecule has 0 saturated carbocycles. The van der Waals surface area contributed by atoms with Crippen molar-refractivity contribution in [2.45, 2.75) is 13.8 Å². The fraction of sp³-hybridized carbons (Fsp3) is 0.227. The molecule has 1 aliphatic rings. The smallest absolute Gasteiger partial charge is 0.283 e. The van der Waals surface area contributed by atoms with Gasteiger partial charge in [0.1, 0.15) is 11.5 Å². The van der Waals surface area contributed by atoms with Crippen molar-refractivity contribution >= 4 is 63.7 Å². The molecule has 0 atom stereocenters. The summed E-state index contributed by atoms with van der Waals surface area (Å²) in [5.41, 5.74) is 0.812. The van der Waals surface area contributed by atoms with Gasteiger partial charge in [0.05, 0.1) is 21.5 Å². The molecule has 0 radical (unpaired) electrons. The highest BCUT2D eigenvalue weighted by molar-refractivity contribution is 8.14. The highest BCUT2D eigenvalue weighted by Gasteiger charge is 2.34. The lowest BCUT2D eigenvalue weighted by atomic mass is 10.2. The second-order valence-electron chi connectivity index (χ2n) is 6.54. The first-order valence-corrected chi connectivity index (χ1v) is 11.3. The Labute approximate surface area is 194 Å². The van der Waals surface area contributed by atoms with Crippen LogP contribution < -0.4 is 4.90 Å². The van der Waals surface area contributed by atoms with E-state index in [1.54, 1.807) is 41.3 Å². The topological polar surface area (TPSA) is 53.0 Å². The zero-order chi connectivity index (χ0) is 22.5. The standard InChI is InChI=1S/C22H20Cl2FN3O2S/c1-3-27(4-2)20(29)13-31-22-26-18(12-14-9-10-15(23)16(24)11-14)21(30)28(22)19-8-6-5-7-17(19)25/h5-12H,3-4,13H2,1-2H3/b18-12+. The van der Waals surface area contributed by atoms with E-state index in [-0.39, 0.29) is 28.2 Å². The Kier molecular flexibility index (Phi) is 7.75. The second-order valence-corrected chi connectivity index (χ2v) is 8.30.